The van der Waals surface area contributed by atoms with Crippen molar-refractivity contribution in [3.63, 3.8) is 0 Å². The summed E-state index contributed by atoms with van der Waals surface area (Å²) in [6.07, 6.45) is 1.14. The molecule has 0 heterocycles. The number of hydrogen-bond acceptors (Lipinski definition) is 0. The van der Waals surface area contributed by atoms with E-state index in [1.54, 1.807) is 0 Å². The first-order chi connectivity index (χ1) is 11.5. The zero-order valence-corrected chi connectivity index (χ0v) is 15.7. The van der Waals surface area contributed by atoms with Crippen molar-refractivity contribution in [2.45, 2.75) is 41.0 Å². The van der Waals surface area contributed by atoms with Crippen molar-refractivity contribution in [1.29, 1.82) is 0 Å². The van der Waals surface area contributed by atoms with Crippen LogP contribution < -0.4 is 0 Å². The molecular weight excluding hydrogens is 288 g/mol. The molecule has 0 heteroatoms. The van der Waals surface area contributed by atoms with Gasteiger partial charge in [0.1, 0.15) is 0 Å². The molecule has 126 valence electrons. The smallest absolute Gasteiger partial charge is 0.0307 e. The minimum absolute atomic E-state index is 1.14. The molecule has 0 unspecified atom stereocenters. The topological polar surface area (TPSA) is 0 Å². The van der Waals surface area contributed by atoms with Crippen LogP contribution in [0, 0.1) is 27.7 Å². The highest BCUT2D eigenvalue weighted by atomic mass is 13.9. The van der Waals surface area contributed by atoms with Crippen molar-refractivity contribution < 1.29 is 0 Å². The zero-order valence-electron chi connectivity index (χ0n) is 15.7. The normalized spacial score (nSPS) is 9.21. The van der Waals surface area contributed by atoms with Crippen molar-refractivity contribution in [2.75, 3.05) is 0 Å². The maximum absolute atomic E-state index is 2.17. The first-order valence-corrected chi connectivity index (χ1v) is 8.61. The fourth-order valence-electron chi connectivity index (χ4n) is 2.16. The van der Waals surface area contributed by atoms with Crippen LogP contribution in [0.4, 0.5) is 0 Å². The lowest BCUT2D eigenvalue weighted by Gasteiger charge is -1.90. The van der Waals surface area contributed by atoms with Crippen molar-refractivity contribution in [2.24, 2.45) is 0 Å². The molecule has 0 atom stereocenters. The van der Waals surface area contributed by atoms with E-state index in [2.05, 4.69) is 107 Å². The van der Waals surface area contributed by atoms with Gasteiger partial charge in [-0.15, -0.1) is 0 Å². The summed E-state index contributed by atoms with van der Waals surface area (Å²) in [5.41, 5.74) is 6.74. The van der Waals surface area contributed by atoms with Gasteiger partial charge in [-0.3, -0.25) is 0 Å². The molecule has 3 aromatic rings. The maximum atomic E-state index is 2.17. The molecule has 0 aliphatic rings. The molecule has 0 radical (unpaired) electrons. The van der Waals surface area contributed by atoms with E-state index >= 15 is 0 Å². The standard InChI is InChI=1S/3C8H10/c1-7-3-5-8(2)6-4-7;1-7-4-3-5-8(2)6-7;1-2-8-6-4-3-5-7-8/h2*3-6H,1-2H3;3-7H,2H2,1H3. The molecule has 0 aliphatic heterocycles. The fraction of sp³-hybridized carbons (Fsp3) is 0.250. The van der Waals surface area contributed by atoms with Gasteiger partial charge in [-0.1, -0.05) is 108 Å². The van der Waals surface area contributed by atoms with Gasteiger partial charge in [0, 0.05) is 0 Å². The Balaban J connectivity index is 0.000000180. The highest BCUT2D eigenvalue weighted by molar-refractivity contribution is 5.20. The Morgan fingerprint density at radius 2 is 0.958 bits per heavy atom. The average Bonchev–Trinajstić information content (AvgIpc) is 2.59. The number of rotatable bonds is 1. The van der Waals surface area contributed by atoms with Gasteiger partial charge >= 0.3 is 0 Å². The molecule has 0 amide bonds. The summed E-state index contributed by atoms with van der Waals surface area (Å²) in [6.45, 7) is 10.6. The first kappa shape index (κ1) is 19.7. The Hall–Kier alpha value is -2.34. The van der Waals surface area contributed by atoms with Gasteiger partial charge in [0.2, 0.25) is 0 Å². The minimum Gasteiger partial charge on any atom is -0.0622 e. The van der Waals surface area contributed by atoms with Crippen LogP contribution in [0.5, 0.6) is 0 Å². The van der Waals surface area contributed by atoms with Crippen LogP contribution in [0.1, 0.15) is 34.7 Å². The van der Waals surface area contributed by atoms with Crippen LogP contribution in [0.2, 0.25) is 0 Å². The van der Waals surface area contributed by atoms with Gasteiger partial charge in [0.15, 0.2) is 0 Å². The predicted molar refractivity (Wildman–Crippen MR) is 108 cm³/mol. The Morgan fingerprint density at radius 3 is 1.25 bits per heavy atom. The number of hydrogen-bond donors (Lipinski definition) is 0. The molecule has 0 fully saturated rings. The lowest BCUT2D eigenvalue weighted by molar-refractivity contribution is 1.14. The summed E-state index contributed by atoms with van der Waals surface area (Å²) in [5.74, 6) is 0. The number of benzene rings is 3. The molecule has 0 spiro atoms. The van der Waals surface area contributed by atoms with Crippen LogP contribution in [-0.4, -0.2) is 0 Å². The van der Waals surface area contributed by atoms with Gasteiger partial charge in [-0.25, -0.2) is 0 Å². The van der Waals surface area contributed by atoms with E-state index in [1.165, 1.54) is 27.8 Å². The highest BCUT2D eigenvalue weighted by Crippen LogP contribution is 2.00. The monoisotopic (exact) mass is 318 g/mol. The molecule has 3 rings (SSSR count). The molecule has 0 aliphatic carbocycles. The van der Waals surface area contributed by atoms with Gasteiger partial charge in [-0.05, 0) is 39.7 Å². The molecule has 0 saturated carbocycles. The second-order valence-corrected chi connectivity index (χ2v) is 6.15. The largest absolute Gasteiger partial charge is 0.0622 e. The van der Waals surface area contributed by atoms with Gasteiger partial charge in [0.05, 0.1) is 0 Å². The zero-order chi connectivity index (χ0) is 17.8. The van der Waals surface area contributed by atoms with Gasteiger partial charge in [-0.2, -0.15) is 0 Å². The SMILES string of the molecule is CCc1ccccc1.Cc1ccc(C)cc1.Cc1cccc(C)c1. The van der Waals surface area contributed by atoms with Crippen LogP contribution in [0.25, 0.3) is 0 Å². The second-order valence-electron chi connectivity index (χ2n) is 6.15. The third-order valence-electron chi connectivity index (χ3n) is 3.64. The van der Waals surface area contributed by atoms with E-state index in [1.807, 2.05) is 6.07 Å². The van der Waals surface area contributed by atoms with Crippen molar-refractivity contribution in [3.8, 4) is 0 Å². The Kier molecular flexibility index (Phi) is 9.23. The third kappa shape index (κ3) is 8.95. The molecule has 0 saturated heterocycles. The molecule has 0 bridgehead atoms. The third-order valence-corrected chi connectivity index (χ3v) is 3.64. The van der Waals surface area contributed by atoms with E-state index in [9.17, 15) is 0 Å². The summed E-state index contributed by atoms with van der Waals surface area (Å²) in [4.78, 5) is 0. The molecule has 0 aromatic heterocycles. The Bertz CT molecular complexity index is 640. The number of aryl methyl sites for hydroxylation is 5. The van der Waals surface area contributed by atoms with Crippen LogP contribution in [0.15, 0.2) is 78.9 Å². The fourth-order valence-corrected chi connectivity index (χ4v) is 2.16. The van der Waals surface area contributed by atoms with Crippen LogP contribution >= 0.6 is 0 Å². The van der Waals surface area contributed by atoms with E-state index in [4.69, 9.17) is 0 Å². The predicted octanol–water partition coefficient (Wildman–Crippen LogP) is 6.86. The van der Waals surface area contributed by atoms with Gasteiger partial charge in [0.25, 0.3) is 0 Å². The summed E-state index contributed by atoms with van der Waals surface area (Å²) < 4.78 is 0. The second kappa shape index (κ2) is 11.2. The van der Waals surface area contributed by atoms with Crippen LogP contribution in [0.3, 0.4) is 0 Å². The summed E-state index contributed by atoms with van der Waals surface area (Å²) in [5, 5.41) is 0. The minimum atomic E-state index is 1.14. The van der Waals surface area contributed by atoms with E-state index in [-0.39, 0.29) is 0 Å². The van der Waals surface area contributed by atoms with Crippen LogP contribution in [-0.2, 0) is 6.42 Å². The van der Waals surface area contributed by atoms with Crippen molar-refractivity contribution >= 4 is 0 Å². The maximum Gasteiger partial charge on any atom is -0.0307 e. The summed E-state index contributed by atoms with van der Waals surface area (Å²) in [7, 11) is 0. The molecule has 24 heavy (non-hydrogen) atoms. The molecule has 0 nitrogen and oxygen atoms in total. The first-order valence-electron chi connectivity index (χ1n) is 8.61. The average molecular weight is 319 g/mol. The Morgan fingerprint density at radius 1 is 0.500 bits per heavy atom. The molecular formula is C24H30. The van der Waals surface area contributed by atoms with Gasteiger partial charge < -0.3 is 0 Å². The summed E-state index contributed by atoms with van der Waals surface area (Å²) in [6, 6.07) is 27.4. The lowest BCUT2D eigenvalue weighted by atomic mass is 10.2. The summed E-state index contributed by atoms with van der Waals surface area (Å²) >= 11 is 0. The Labute approximate surface area is 148 Å². The molecule has 3 aromatic carbocycles. The van der Waals surface area contributed by atoms with E-state index in [0.29, 0.717) is 0 Å². The van der Waals surface area contributed by atoms with E-state index < -0.39 is 0 Å². The highest BCUT2D eigenvalue weighted by Gasteiger charge is 1.81. The van der Waals surface area contributed by atoms with Crippen molar-refractivity contribution in [3.05, 3.63) is 107 Å². The van der Waals surface area contributed by atoms with Crippen molar-refractivity contribution in [1.82, 2.24) is 0 Å². The quantitative estimate of drug-likeness (QED) is 0.460. The lowest BCUT2D eigenvalue weighted by Crippen LogP contribution is -1.73. The molecule has 0 N–H and O–H groups in total. The van der Waals surface area contributed by atoms with E-state index in [0.717, 1.165) is 6.42 Å².